The Hall–Kier alpha value is -3.94. The van der Waals surface area contributed by atoms with E-state index in [0.717, 1.165) is 16.6 Å². The number of fused-ring (bicyclic) bond motifs is 1. The molecule has 2 aromatic heterocycles. The third-order valence-electron chi connectivity index (χ3n) is 4.44. The van der Waals surface area contributed by atoms with Gasteiger partial charge in [-0.2, -0.15) is 0 Å². The van der Waals surface area contributed by atoms with Crippen molar-refractivity contribution in [1.82, 2.24) is 19.9 Å². The predicted molar refractivity (Wildman–Crippen MR) is 111 cm³/mol. The van der Waals surface area contributed by atoms with Gasteiger partial charge in [0.05, 0.1) is 31.1 Å². The number of ether oxygens (including phenoxy) is 2. The number of aromatic nitrogens is 4. The van der Waals surface area contributed by atoms with Crippen LogP contribution in [0.5, 0.6) is 11.5 Å². The van der Waals surface area contributed by atoms with Crippen LogP contribution in [0.1, 0.15) is 5.69 Å². The first-order valence-corrected chi connectivity index (χ1v) is 8.91. The number of nitrogens with zero attached hydrogens (tertiary/aromatic N) is 3. The van der Waals surface area contributed by atoms with E-state index in [1.54, 1.807) is 26.4 Å². The van der Waals surface area contributed by atoms with E-state index < -0.39 is 0 Å². The molecule has 0 aliphatic carbocycles. The molecule has 0 aliphatic rings. The number of aromatic amines is 1. The van der Waals surface area contributed by atoms with Gasteiger partial charge in [-0.3, -0.25) is 15.1 Å². The van der Waals surface area contributed by atoms with Gasteiger partial charge in [-0.15, -0.1) is 0 Å². The second-order valence-electron chi connectivity index (χ2n) is 6.32. The Morgan fingerprint density at radius 1 is 0.931 bits per heavy atom. The second kappa shape index (κ2) is 7.59. The molecule has 0 aliphatic heterocycles. The number of hydrogen-bond acceptors (Lipinski definition) is 7. The fraction of sp³-hybridized carbons (Fsp3) is 0.143. The molecule has 2 N–H and O–H groups in total. The summed E-state index contributed by atoms with van der Waals surface area (Å²) in [5, 5.41) is 3.97. The average molecular weight is 389 g/mol. The highest BCUT2D eigenvalue weighted by molar-refractivity contribution is 5.81. The number of aryl methyl sites for hydroxylation is 1. The molecule has 8 nitrogen and oxygen atoms in total. The molecule has 146 valence electrons. The normalized spacial score (nSPS) is 10.7. The van der Waals surface area contributed by atoms with Crippen LogP contribution < -0.4 is 20.3 Å². The molecule has 0 radical (unpaired) electrons. The standard InChI is InChI=1S/C21H19N5O3/c1-12-14-6-4-5-7-15(14)23-20(22-12)26-21-24-16(11-19(27)25-21)13-8-9-17(28-2)18(10-13)29-3/h4-11H,1-3H3,(H2,22,23,24,25,26,27). The lowest BCUT2D eigenvalue weighted by Crippen LogP contribution is -2.12. The second-order valence-corrected chi connectivity index (χ2v) is 6.32. The smallest absolute Gasteiger partial charge is 0.252 e. The van der Waals surface area contributed by atoms with Crippen molar-refractivity contribution in [1.29, 1.82) is 0 Å². The first kappa shape index (κ1) is 18.4. The van der Waals surface area contributed by atoms with E-state index in [2.05, 4.69) is 25.3 Å². The number of hydrogen-bond donors (Lipinski definition) is 2. The SMILES string of the molecule is COc1ccc(-c2cc(=O)[nH]c(Nc3nc(C)c4ccccc4n3)n2)cc1OC. The topological polar surface area (TPSA) is 102 Å². The Kier molecular flexibility index (Phi) is 4.82. The zero-order chi connectivity index (χ0) is 20.4. The van der Waals surface area contributed by atoms with Crippen molar-refractivity contribution in [2.24, 2.45) is 0 Å². The third kappa shape index (κ3) is 3.73. The molecule has 2 aromatic carbocycles. The van der Waals surface area contributed by atoms with Crippen LogP contribution >= 0.6 is 0 Å². The van der Waals surface area contributed by atoms with E-state index in [1.807, 2.05) is 37.3 Å². The molecule has 0 saturated carbocycles. The molecule has 4 aromatic rings. The minimum atomic E-state index is -0.301. The maximum absolute atomic E-state index is 12.2. The van der Waals surface area contributed by atoms with Gasteiger partial charge in [-0.25, -0.2) is 15.0 Å². The van der Waals surface area contributed by atoms with Gasteiger partial charge in [0, 0.05) is 17.0 Å². The highest BCUT2D eigenvalue weighted by Crippen LogP contribution is 2.31. The lowest BCUT2D eigenvalue weighted by molar-refractivity contribution is 0.355. The summed E-state index contributed by atoms with van der Waals surface area (Å²) in [7, 11) is 3.12. The zero-order valence-electron chi connectivity index (χ0n) is 16.2. The predicted octanol–water partition coefficient (Wildman–Crippen LogP) is 3.45. The van der Waals surface area contributed by atoms with Crippen LogP contribution in [0, 0.1) is 6.92 Å². The van der Waals surface area contributed by atoms with Gasteiger partial charge >= 0.3 is 0 Å². The summed E-state index contributed by atoms with van der Waals surface area (Å²) < 4.78 is 10.6. The molecular weight excluding hydrogens is 370 g/mol. The van der Waals surface area contributed by atoms with Gasteiger partial charge < -0.3 is 9.47 Å². The molecule has 4 rings (SSSR count). The molecule has 0 amide bonds. The third-order valence-corrected chi connectivity index (χ3v) is 4.44. The summed E-state index contributed by atoms with van der Waals surface area (Å²) in [6.45, 7) is 1.91. The van der Waals surface area contributed by atoms with Crippen molar-refractivity contribution in [2.45, 2.75) is 6.92 Å². The Bertz CT molecular complexity index is 1250. The summed E-state index contributed by atoms with van der Waals surface area (Å²) >= 11 is 0. The number of rotatable bonds is 5. The number of nitrogens with one attached hydrogen (secondary N) is 2. The number of H-pyrrole nitrogens is 1. The van der Waals surface area contributed by atoms with Gasteiger partial charge in [0.2, 0.25) is 11.9 Å². The molecular formula is C21H19N5O3. The van der Waals surface area contributed by atoms with Crippen LogP contribution in [0.2, 0.25) is 0 Å². The fourth-order valence-electron chi connectivity index (χ4n) is 3.06. The zero-order valence-corrected chi connectivity index (χ0v) is 16.2. The Morgan fingerprint density at radius 2 is 1.72 bits per heavy atom. The maximum Gasteiger partial charge on any atom is 0.252 e. The van der Waals surface area contributed by atoms with Crippen LogP contribution in [0.25, 0.3) is 22.2 Å². The van der Waals surface area contributed by atoms with Crippen molar-refractivity contribution in [3.63, 3.8) is 0 Å². The number of benzene rings is 2. The summed E-state index contributed by atoms with van der Waals surface area (Å²) in [4.78, 5) is 28.3. The van der Waals surface area contributed by atoms with Crippen molar-refractivity contribution >= 4 is 22.8 Å². The van der Waals surface area contributed by atoms with Gasteiger partial charge in [-0.1, -0.05) is 18.2 Å². The molecule has 8 heteroatoms. The van der Waals surface area contributed by atoms with E-state index in [1.165, 1.54) is 6.07 Å². The van der Waals surface area contributed by atoms with Crippen LogP contribution in [-0.2, 0) is 0 Å². The summed E-state index contributed by atoms with van der Waals surface area (Å²) in [6, 6.07) is 14.5. The monoisotopic (exact) mass is 389 g/mol. The summed E-state index contributed by atoms with van der Waals surface area (Å²) in [6.07, 6.45) is 0. The van der Waals surface area contributed by atoms with Gasteiger partial charge in [0.1, 0.15) is 0 Å². The highest BCUT2D eigenvalue weighted by Gasteiger charge is 2.11. The van der Waals surface area contributed by atoms with Gasteiger partial charge in [-0.05, 0) is 31.2 Å². The molecule has 0 bridgehead atoms. The van der Waals surface area contributed by atoms with E-state index in [-0.39, 0.29) is 11.5 Å². The van der Waals surface area contributed by atoms with E-state index in [0.29, 0.717) is 28.7 Å². The first-order valence-electron chi connectivity index (χ1n) is 8.91. The van der Waals surface area contributed by atoms with Crippen LogP contribution in [0.15, 0.2) is 53.3 Å². The van der Waals surface area contributed by atoms with Crippen LogP contribution in [-0.4, -0.2) is 34.2 Å². The summed E-state index contributed by atoms with van der Waals surface area (Å²) in [5.74, 6) is 1.75. The van der Waals surface area contributed by atoms with Gasteiger partial charge in [0.15, 0.2) is 11.5 Å². The molecule has 0 unspecified atom stereocenters. The van der Waals surface area contributed by atoms with Crippen LogP contribution in [0.4, 0.5) is 11.9 Å². The van der Waals surface area contributed by atoms with E-state index >= 15 is 0 Å². The van der Waals surface area contributed by atoms with E-state index in [4.69, 9.17) is 9.47 Å². The molecule has 0 atom stereocenters. The minimum absolute atomic E-state index is 0.247. The van der Waals surface area contributed by atoms with Crippen molar-refractivity contribution in [3.8, 4) is 22.8 Å². The largest absolute Gasteiger partial charge is 0.493 e. The van der Waals surface area contributed by atoms with Gasteiger partial charge in [0.25, 0.3) is 5.56 Å². The Morgan fingerprint density at radius 3 is 2.52 bits per heavy atom. The molecule has 29 heavy (non-hydrogen) atoms. The molecule has 0 saturated heterocycles. The summed E-state index contributed by atoms with van der Waals surface area (Å²) in [5.41, 5.74) is 2.53. The Balaban J connectivity index is 1.72. The Labute approximate surface area is 166 Å². The van der Waals surface area contributed by atoms with E-state index in [9.17, 15) is 4.79 Å². The highest BCUT2D eigenvalue weighted by atomic mass is 16.5. The average Bonchev–Trinajstić information content (AvgIpc) is 2.73. The number of para-hydroxylation sites is 1. The first-order chi connectivity index (χ1) is 14.1. The molecule has 0 spiro atoms. The van der Waals surface area contributed by atoms with Crippen LogP contribution in [0.3, 0.4) is 0 Å². The lowest BCUT2D eigenvalue weighted by Gasteiger charge is -2.10. The molecule has 2 heterocycles. The number of anilines is 2. The minimum Gasteiger partial charge on any atom is -0.493 e. The van der Waals surface area contributed by atoms with Crippen molar-refractivity contribution in [2.75, 3.05) is 19.5 Å². The van der Waals surface area contributed by atoms with Crippen molar-refractivity contribution in [3.05, 3.63) is 64.6 Å². The fourth-order valence-corrected chi connectivity index (χ4v) is 3.06. The maximum atomic E-state index is 12.2. The quantitative estimate of drug-likeness (QED) is 0.539. The number of methoxy groups -OCH3 is 2. The van der Waals surface area contributed by atoms with Crippen molar-refractivity contribution < 1.29 is 9.47 Å². The lowest BCUT2D eigenvalue weighted by atomic mass is 10.1. The molecule has 0 fully saturated rings.